The van der Waals surface area contributed by atoms with E-state index in [-0.39, 0.29) is 16.5 Å². The average molecular weight is 215 g/mol. The van der Waals surface area contributed by atoms with Crippen LogP contribution in [-0.2, 0) is 16.5 Å². The maximum Gasteiger partial charge on any atom is 0 e. The molecule has 0 atom stereocenters. The van der Waals surface area contributed by atoms with Crippen LogP contribution in [0.25, 0.3) is 0 Å². The largest absolute Gasteiger partial charge is 0.0623 e. The molecule has 0 fully saturated rings. The first-order valence-corrected chi connectivity index (χ1v) is 4.00. The molecule has 1 heteroatoms. The third-order valence-corrected chi connectivity index (χ3v) is 1.33. The number of benzene rings is 2. The normalized spacial score (nSPS) is 7.38. The monoisotopic (exact) mass is 214 g/mol. The predicted molar refractivity (Wildman–Crippen MR) is 52.9 cm³/mol. The molecule has 0 nitrogen and oxygen atoms in total. The fourth-order valence-electron chi connectivity index (χ4n) is 0.770. The smallest absolute Gasteiger partial charge is 0 e. The first kappa shape index (κ1) is 11.9. The Morgan fingerprint density at radius 2 is 0.308 bits per heavy atom. The van der Waals surface area contributed by atoms with E-state index in [4.69, 9.17) is 0 Å². The van der Waals surface area contributed by atoms with Crippen molar-refractivity contribution in [2.75, 3.05) is 0 Å². The van der Waals surface area contributed by atoms with Gasteiger partial charge in [-0.3, -0.25) is 0 Å². The van der Waals surface area contributed by atoms with Gasteiger partial charge in [-0.25, -0.2) is 0 Å². The number of rotatable bonds is 0. The third kappa shape index (κ3) is 7.30. The molecule has 0 amide bonds. The summed E-state index contributed by atoms with van der Waals surface area (Å²) in [6.45, 7) is 0. The van der Waals surface area contributed by atoms with Gasteiger partial charge in [-0.05, 0) is 0 Å². The van der Waals surface area contributed by atoms with Crippen molar-refractivity contribution in [2.45, 2.75) is 0 Å². The fraction of sp³-hybridized carbons (Fsp3) is 0. The van der Waals surface area contributed by atoms with Crippen LogP contribution in [0, 0.1) is 0 Å². The van der Waals surface area contributed by atoms with E-state index in [0.29, 0.717) is 0 Å². The van der Waals surface area contributed by atoms with Crippen molar-refractivity contribution in [3.05, 3.63) is 72.8 Å². The molecule has 2 aromatic rings. The van der Waals surface area contributed by atoms with Crippen molar-refractivity contribution >= 4 is 0 Å². The molecule has 0 aromatic heterocycles. The summed E-state index contributed by atoms with van der Waals surface area (Å²) in [5, 5.41) is 0. The zero-order valence-electron chi connectivity index (χ0n) is 7.24. The van der Waals surface area contributed by atoms with Crippen LogP contribution >= 0.6 is 0 Å². The van der Waals surface area contributed by atoms with E-state index < -0.39 is 0 Å². The fourth-order valence-corrected chi connectivity index (χ4v) is 0.770. The molecule has 0 heterocycles. The summed E-state index contributed by atoms with van der Waals surface area (Å²) in [6.07, 6.45) is 0. The van der Waals surface area contributed by atoms with E-state index in [0.717, 1.165) is 0 Å². The zero-order valence-corrected chi connectivity index (χ0v) is 8.23. The van der Waals surface area contributed by atoms with E-state index in [1.54, 1.807) is 0 Å². The molecule has 0 bridgehead atoms. The minimum Gasteiger partial charge on any atom is -0.0623 e. The molecule has 2 aromatic carbocycles. The Bertz CT molecular complexity index is 181. The van der Waals surface area contributed by atoms with Crippen LogP contribution in [0.2, 0.25) is 0 Å². The molecule has 0 radical (unpaired) electrons. The van der Waals surface area contributed by atoms with E-state index in [2.05, 4.69) is 0 Å². The molecule has 2 rings (SSSR count). The zero-order chi connectivity index (χ0) is 8.49. The van der Waals surface area contributed by atoms with Crippen LogP contribution in [-0.4, -0.2) is 0 Å². The minimum atomic E-state index is 0. The second-order valence-electron chi connectivity index (χ2n) is 2.31. The van der Waals surface area contributed by atoms with Crippen molar-refractivity contribution in [1.29, 1.82) is 0 Å². The summed E-state index contributed by atoms with van der Waals surface area (Å²) >= 11 is 0. The van der Waals surface area contributed by atoms with E-state index >= 15 is 0 Å². The number of hydrogen-bond acceptors (Lipinski definition) is 0. The van der Waals surface area contributed by atoms with Crippen molar-refractivity contribution < 1.29 is 16.5 Å². The van der Waals surface area contributed by atoms with Crippen molar-refractivity contribution in [3.8, 4) is 0 Å². The maximum atomic E-state index is 2.00. The topological polar surface area (TPSA) is 0 Å². The summed E-state index contributed by atoms with van der Waals surface area (Å²) in [7, 11) is 0. The Kier molecular flexibility index (Phi) is 8.28. The van der Waals surface area contributed by atoms with Crippen LogP contribution in [0.1, 0.15) is 0 Å². The van der Waals surface area contributed by atoms with Crippen molar-refractivity contribution in [1.82, 2.24) is 0 Å². The summed E-state index contributed by atoms with van der Waals surface area (Å²) < 4.78 is 0. The van der Waals surface area contributed by atoms with Gasteiger partial charge in [0.1, 0.15) is 0 Å². The Morgan fingerprint density at radius 1 is 0.231 bits per heavy atom. The van der Waals surface area contributed by atoms with Crippen LogP contribution < -0.4 is 0 Å². The molecule has 70 valence electrons. The quantitative estimate of drug-likeness (QED) is 0.591. The molecule has 0 unspecified atom stereocenters. The molecular weight excluding hydrogens is 203 g/mol. The van der Waals surface area contributed by atoms with Gasteiger partial charge in [0.15, 0.2) is 0 Å². The molecule has 0 aliphatic rings. The predicted octanol–water partition coefficient (Wildman–Crippen LogP) is 3.37. The molecule has 0 spiro atoms. The molecular formula is C12H12Ni. The average Bonchev–Trinajstić information content (AvgIpc) is 2.24. The van der Waals surface area contributed by atoms with Gasteiger partial charge >= 0.3 is 0 Å². The van der Waals surface area contributed by atoms with Crippen LogP contribution in [0.15, 0.2) is 72.8 Å². The van der Waals surface area contributed by atoms with Gasteiger partial charge < -0.3 is 0 Å². The molecule has 0 saturated carbocycles. The standard InChI is InChI=1S/2C6H6.Ni/c2*1-2-4-6-5-3-1;/h2*1-6H;. The first-order chi connectivity index (χ1) is 6.00. The second kappa shape index (κ2) is 9.02. The van der Waals surface area contributed by atoms with E-state index in [1.165, 1.54) is 0 Å². The van der Waals surface area contributed by atoms with Crippen LogP contribution in [0.4, 0.5) is 0 Å². The Balaban J connectivity index is 0.000000206. The summed E-state index contributed by atoms with van der Waals surface area (Å²) in [5.41, 5.74) is 0. The van der Waals surface area contributed by atoms with Gasteiger partial charge in [0.25, 0.3) is 0 Å². The van der Waals surface area contributed by atoms with Crippen molar-refractivity contribution in [3.63, 3.8) is 0 Å². The summed E-state index contributed by atoms with van der Waals surface area (Å²) in [5.74, 6) is 0. The Labute approximate surface area is 89.5 Å². The van der Waals surface area contributed by atoms with Gasteiger partial charge in [-0.2, -0.15) is 0 Å². The van der Waals surface area contributed by atoms with Gasteiger partial charge in [0.05, 0.1) is 0 Å². The van der Waals surface area contributed by atoms with Gasteiger partial charge in [-0.1, -0.05) is 72.8 Å². The molecule has 0 aliphatic carbocycles. The number of hydrogen-bond donors (Lipinski definition) is 0. The molecule has 0 N–H and O–H groups in total. The van der Waals surface area contributed by atoms with E-state index in [9.17, 15) is 0 Å². The van der Waals surface area contributed by atoms with Gasteiger partial charge in [-0.15, -0.1) is 0 Å². The maximum absolute atomic E-state index is 2.00. The Hall–Kier alpha value is -1.07. The first-order valence-electron chi connectivity index (χ1n) is 4.00. The van der Waals surface area contributed by atoms with Crippen LogP contribution in [0.3, 0.4) is 0 Å². The summed E-state index contributed by atoms with van der Waals surface area (Å²) in [6, 6.07) is 24.0. The molecule has 0 saturated heterocycles. The van der Waals surface area contributed by atoms with Gasteiger partial charge in [0.2, 0.25) is 0 Å². The Morgan fingerprint density at radius 3 is 0.385 bits per heavy atom. The molecule has 13 heavy (non-hydrogen) atoms. The SMILES string of the molecule is [Ni].c1ccccc1.c1ccccc1. The second-order valence-corrected chi connectivity index (χ2v) is 2.31. The van der Waals surface area contributed by atoms with Gasteiger partial charge in [0, 0.05) is 16.5 Å². The minimum absolute atomic E-state index is 0. The summed E-state index contributed by atoms with van der Waals surface area (Å²) in [4.78, 5) is 0. The van der Waals surface area contributed by atoms with E-state index in [1.807, 2.05) is 72.8 Å². The van der Waals surface area contributed by atoms with Crippen LogP contribution in [0.5, 0.6) is 0 Å². The van der Waals surface area contributed by atoms with Crippen molar-refractivity contribution in [2.24, 2.45) is 0 Å². The molecule has 0 aliphatic heterocycles. The third-order valence-electron chi connectivity index (χ3n) is 1.33.